The van der Waals surface area contributed by atoms with Gasteiger partial charge in [0.15, 0.2) is 0 Å². The van der Waals surface area contributed by atoms with Gasteiger partial charge < -0.3 is 5.32 Å². The van der Waals surface area contributed by atoms with E-state index in [-0.39, 0.29) is 5.91 Å². The predicted octanol–water partition coefficient (Wildman–Crippen LogP) is 2.75. The number of rotatable bonds is 5. The predicted molar refractivity (Wildman–Crippen MR) is 70.9 cm³/mol. The molecule has 17 heavy (non-hydrogen) atoms. The third-order valence-corrected chi connectivity index (χ3v) is 3.75. The fourth-order valence-corrected chi connectivity index (χ4v) is 2.18. The fourth-order valence-electron chi connectivity index (χ4n) is 1.38. The molecule has 1 heterocycles. The van der Waals surface area contributed by atoms with Crippen molar-refractivity contribution in [1.29, 1.82) is 0 Å². The number of hydrogen-bond donors (Lipinski definition) is 1. The van der Waals surface area contributed by atoms with Crippen molar-refractivity contribution in [1.82, 2.24) is 10.3 Å². The Labute approximate surface area is 112 Å². The van der Waals surface area contributed by atoms with Crippen LogP contribution in [0.1, 0.15) is 29.4 Å². The van der Waals surface area contributed by atoms with Gasteiger partial charge in [0.05, 0.1) is 5.54 Å². The van der Waals surface area contributed by atoms with Crippen LogP contribution in [0.4, 0.5) is 0 Å². The molecule has 3 nitrogen and oxygen atoms in total. The topological polar surface area (TPSA) is 42.0 Å². The zero-order valence-electron chi connectivity index (χ0n) is 9.96. The van der Waals surface area contributed by atoms with Crippen LogP contribution in [0.2, 0.25) is 0 Å². The largest absolute Gasteiger partial charge is 0.344 e. The highest BCUT2D eigenvalue weighted by molar-refractivity contribution is 6.22. The van der Waals surface area contributed by atoms with Crippen LogP contribution in [0.25, 0.3) is 0 Å². The Bertz CT molecular complexity index is 384. The molecule has 0 atom stereocenters. The summed E-state index contributed by atoms with van der Waals surface area (Å²) in [7, 11) is 0. The summed E-state index contributed by atoms with van der Waals surface area (Å²) in [4.78, 5) is 16.1. The van der Waals surface area contributed by atoms with Gasteiger partial charge in [-0.1, -0.05) is 6.92 Å². The summed E-state index contributed by atoms with van der Waals surface area (Å²) in [6, 6.07) is 3.41. The summed E-state index contributed by atoms with van der Waals surface area (Å²) in [5, 5.41) is 2.89. The molecule has 0 spiro atoms. The smallest absolute Gasteiger partial charge is 0.251 e. The lowest BCUT2D eigenvalue weighted by molar-refractivity contribution is 0.0913. The molecular formula is C12H16Cl2N2O. The van der Waals surface area contributed by atoms with Crippen molar-refractivity contribution in [2.45, 2.75) is 25.8 Å². The summed E-state index contributed by atoms with van der Waals surface area (Å²) in [5.74, 6) is 0.421. The van der Waals surface area contributed by atoms with E-state index in [9.17, 15) is 4.79 Å². The number of pyridine rings is 1. The quantitative estimate of drug-likeness (QED) is 0.839. The normalized spacial score (nSPS) is 11.3. The molecule has 0 aliphatic carbocycles. The minimum absolute atomic E-state index is 0.168. The van der Waals surface area contributed by atoms with Gasteiger partial charge in [-0.3, -0.25) is 9.78 Å². The summed E-state index contributed by atoms with van der Waals surface area (Å²) < 4.78 is 0. The first-order valence-electron chi connectivity index (χ1n) is 5.44. The third kappa shape index (κ3) is 3.58. The molecule has 0 unspecified atom stereocenters. The van der Waals surface area contributed by atoms with Crippen LogP contribution >= 0.6 is 23.2 Å². The molecule has 0 aliphatic rings. The maximum atomic E-state index is 12.0. The number of alkyl halides is 2. The number of nitrogens with zero attached hydrogens (tertiary/aromatic N) is 1. The summed E-state index contributed by atoms with van der Waals surface area (Å²) in [5.41, 5.74) is 0.833. The van der Waals surface area contributed by atoms with Gasteiger partial charge in [0.25, 0.3) is 5.91 Å². The molecule has 94 valence electrons. The molecule has 0 fully saturated rings. The van der Waals surface area contributed by atoms with Crippen molar-refractivity contribution in [2.75, 3.05) is 11.8 Å². The Hall–Kier alpha value is -0.800. The van der Waals surface area contributed by atoms with E-state index < -0.39 is 5.54 Å². The highest BCUT2D eigenvalue weighted by Crippen LogP contribution is 2.16. The molecule has 1 aromatic heterocycles. The van der Waals surface area contributed by atoms with Crippen molar-refractivity contribution in [3.05, 3.63) is 29.6 Å². The number of carbonyl (C=O) groups excluding carboxylic acids is 1. The minimum atomic E-state index is -0.544. The summed E-state index contributed by atoms with van der Waals surface area (Å²) >= 11 is 11.8. The number of nitrogens with one attached hydrogen (secondary N) is 1. The molecule has 0 radical (unpaired) electrons. The molecule has 0 aromatic carbocycles. The van der Waals surface area contributed by atoms with Gasteiger partial charge in [0.2, 0.25) is 0 Å². The number of carbonyl (C=O) groups is 1. The van der Waals surface area contributed by atoms with E-state index in [1.807, 2.05) is 13.8 Å². The summed E-state index contributed by atoms with van der Waals surface area (Å²) in [6.45, 7) is 3.79. The third-order valence-electron chi connectivity index (χ3n) is 2.73. The van der Waals surface area contributed by atoms with Crippen LogP contribution in [0.5, 0.6) is 0 Å². The highest BCUT2D eigenvalue weighted by Gasteiger charge is 2.28. The first kappa shape index (κ1) is 14.3. The van der Waals surface area contributed by atoms with Crippen molar-refractivity contribution in [3.8, 4) is 0 Å². The molecule has 1 aromatic rings. The Morgan fingerprint density at radius 2 is 2.12 bits per heavy atom. The Kier molecular flexibility index (Phi) is 5.22. The van der Waals surface area contributed by atoms with E-state index >= 15 is 0 Å². The van der Waals surface area contributed by atoms with Gasteiger partial charge in [0, 0.05) is 29.2 Å². The summed E-state index contributed by atoms with van der Waals surface area (Å²) in [6.07, 6.45) is 2.30. The number of hydrogen-bond acceptors (Lipinski definition) is 2. The van der Waals surface area contributed by atoms with Crippen LogP contribution in [-0.2, 0) is 0 Å². The van der Waals surface area contributed by atoms with Crippen molar-refractivity contribution < 1.29 is 4.79 Å². The Morgan fingerprint density at radius 1 is 1.47 bits per heavy atom. The fraction of sp³-hybridized carbons (Fsp3) is 0.500. The van der Waals surface area contributed by atoms with E-state index in [0.29, 0.717) is 23.7 Å². The van der Waals surface area contributed by atoms with Gasteiger partial charge in [-0.2, -0.15) is 0 Å². The first-order chi connectivity index (χ1) is 8.06. The molecule has 5 heteroatoms. The lowest BCUT2D eigenvalue weighted by Crippen LogP contribution is -2.51. The average Bonchev–Trinajstić information content (AvgIpc) is 2.36. The van der Waals surface area contributed by atoms with Crippen LogP contribution in [0, 0.1) is 6.92 Å². The average molecular weight is 275 g/mol. The molecular weight excluding hydrogens is 259 g/mol. The number of amides is 1. The van der Waals surface area contributed by atoms with Crippen molar-refractivity contribution in [3.63, 3.8) is 0 Å². The van der Waals surface area contributed by atoms with Gasteiger partial charge in [-0.25, -0.2) is 0 Å². The van der Waals surface area contributed by atoms with Gasteiger partial charge in [-0.05, 0) is 25.5 Å². The standard InChI is InChI=1S/C12H16Cl2N2O/c1-3-12(7-13,8-14)16-11(17)10-4-5-15-9(2)6-10/h4-6H,3,7-8H2,1-2H3,(H,16,17). The lowest BCUT2D eigenvalue weighted by atomic mass is 10.0. The van der Waals surface area contributed by atoms with Gasteiger partial charge >= 0.3 is 0 Å². The minimum Gasteiger partial charge on any atom is -0.344 e. The monoisotopic (exact) mass is 274 g/mol. The lowest BCUT2D eigenvalue weighted by Gasteiger charge is -2.29. The molecule has 0 saturated carbocycles. The maximum Gasteiger partial charge on any atom is 0.251 e. The van der Waals surface area contributed by atoms with Gasteiger partial charge in [0.1, 0.15) is 0 Å². The zero-order chi connectivity index (χ0) is 12.9. The van der Waals surface area contributed by atoms with Crippen LogP contribution < -0.4 is 5.32 Å². The van der Waals surface area contributed by atoms with Crippen LogP contribution in [0.3, 0.4) is 0 Å². The van der Waals surface area contributed by atoms with E-state index in [1.165, 1.54) is 0 Å². The second kappa shape index (κ2) is 6.22. The maximum absolute atomic E-state index is 12.0. The molecule has 0 saturated heterocycles. The van der Waals surface area contributed by atoms with Crippen molar-refractivity contribution in [2.24, 2.45) is 0 Å². The second-order valence-electron chi connectivity index (χ2n) is 4.04. The Balaban J connectivity index is 2.84. The number of halogens is 2. The highest BCUT2D eigenvalue weighted by atomic mass is 35.5. The molecule has 1 amide bonds. The van der Waals surface area contributed by atoms with E-state index in [2.05, 4.69) is 10.3 Å². The van der Waals surface area contributed by atoms with Gasteiger partial charge in [-0.15, -0.1) is 23.2 Å². The Morgan fingerprint density at radius 3 is 2.59 bits per heavy atom. The number of aromatic nitrogens is 1. The molecule has 0 aliphatic heterocycles. The molecule has 1 rings (SSSR count). The zero-order valence-corrected chi connectivity index (χ0v) is 11.5. The number of aryl methyl sites for hydroxylation is 1. The van der Waals surface area contributed by atoms with Crippen molar-refractivity contribution >= 4 is 29.1 Å². The van der Waals surface area contributed by atoms with Crippen LogP contribution in [-0.4, -0.2) is 28.2 Å². The van der Waals surface area contributed by atoms with E-state index in [0.717, 1.165) is 5.69 Å². The molecule has 0 bridgehead atoms. The van der Waals surface area contributed by atoms with Crippen LogP contribution in [0.15, 0.2) is 18.3 Å². The van der Waals surface area contributed by atoms with E-state index in [1.54, 1.807) is 18.3 Å². The second-order valence-corrected chi connectivity index (χ2v) is 4.58. The molecule has 1 N–H and O–H groups in total. The SMILES string of the molecule is CCC(CCl)(CCl)NC(=O)c1ccnc(C)c1. The first-order valence-corrected chi connectivity index (χ1v) is 6.51. The van der Waals surface area contributed by atoms with E-state index in [4.69, 9.17) is 23.2 Å².